The van der Waals surface area contributed by atoms with Gasteiger partial charge in [-0.25, -0.2) is 0 Å². The highest BCUT2D eigenvalue weighted by atomic mass is 19.4. The molecule has 0 radical (unpaired) electrons. The number of alkyl halides is 3. The molecule has 0 aromatic heterocycles. The minimum Gasteiger partial charge on any atom is -0.406 e. The van der Waals surface area contributed by atoms with Crippen LogP contribution in [0.1, 0.15) is 39.4 Å². The maximum absolute atomic E-state index is 12.2. The Morgan fingerprint density at radius 3 is 2.15 bits per heavy atom. The normalized spacial score (nSPS) is 22.4. The number of rotatable bonds is 3. The Kier molecular flexibility index (Phi) is 3.32. The number of aliphatic hydroxyl groups excluding tert-OH is 1. The van der Waals surface area contributed by atoms with Crippen LogP contribution in [0.4, 0.5) is 13.2 Å². The second kappa shape index (κ2) is 4.38. The first kappa shape index (κ1) is 15.2. The fourth-order valence-electron chi connectivity index (χ4n) is 3.12. The molecule has 0 saturated heterocycles. The quantitative estimate of drug-likeness (QED) is 0.898. The van der Waals surface area contributed by atoms with E-state index in [0.29, 0.717) is 5.56 Å². The molecule has 5 heteroatoms. The lowest BCUT2D eigenvalue weighted by molar-refractivity contribution is -0.274. The molecule has 1 N–H and O–H groups in total. The number of halogens is 3. The molecule has 2 nitrogen and oxygen atoms in total. The number of hydrogen-bond acceptors (Lipinski definition) is 2. The molecule has 1 aliphatic rings. The van der Waals surface area contributed by atoms with Crippen LogP contribution in [0.15, 0.2) is 24.3 Å². The summed E-state index contributed by atoms with van der Waals surface area (Å²) >= 11 is 0. The van der Waals surface area contributed by atoms with E-state index in [-0.39, 0.29) is 22.5 Å². The lowest BCUT2D eigenvalue weighted by Crippen LogP contribution is -2.17. The molecule has 1 aromatic carbocycles. The number of aliphatic hydroxyl groups is 1. The van der Waals surface area contributed by atoms with Gasteiger partial charge in [-0.3, -0.25) is 0 Å². The summed E-state index contributed by atoms with van der Waals surface area (Å²) in [6.07, 6.45) is -5.52. The van der Waals surface area contributed by atoms with Crippen molar-refractivity contribution in [2.45, 2.75) is 40.2 Å². The van der Waals surface area contributed by atoms with Crippen LogP contribution >= 0.6 is 0 Å². The predicted molar refractivity (Wildman–Crippen MR) is 69.1 cm³/mol. The molecule has 1 saturated carbocycles. The average Bonchev–Trinajstić information content (AvgIpc) is 2.66. The van der Waals surface area contributed by atoms with Crippen molar-refractivity contribution < 1.29 is 23.0 Å². The Bertz CT molecular complexity index is 492. The van der Waals surface area contributed by atoms with Gasteiger partial charge in [-0.05, 0) is 28.5 Å². The highest BCUT2D eigenvalue weighted by Gasteiger charge is 2.67. The van der Waals surface area contributed by atoms with E-state index in [1.165, 1.54) is 18.2 Å². The Balaban J connectivity index is 2.20. The molecule has 20 heavy (non-hydrogen) atoms. The number of ether oxygens (including phenoxy) is 1. The van der Waals surface area contributed by atoms with Crippen LogP contribution in [-0.4, -0.2) is 11.5 Å². The van der Waals surface area contributed by atoms with Crippen LogP contribution in [0.25, 0.3) is 0 Å². The zero-order valence-corrected chi connectivity index (χ0v) is 12.0. The van der Waals surface area contributed by atoms with Crippen molar-refractivity contribution in [2.75, 3.05) is 0 Å². The van der Waals surface area contributed by atoms with Crippen molar-refractivity contribution in [2.24, 2.45) is 16.7 Å². The van der Waals surface area contributed by atoms with E-state index >= 15 is 0 Å². The van der Waals surface area contributed by atoms with Gasteiger partial charge in [0.1, 0.15) is 5.75 Å². The van der Waals surface area contributed by atoms with Gasteiger partial charge in [0.15, 0.2) is 0 Å². The average molecular weight is 288 g/mol. The third-order valence-electron chi connectivity index (χ3n) is 4.88. The zero-order chi connectivity index (χ0) is 15.3. The van der Waals surface area contributed by atoms with Crippen molar-refractivity contribution >= 4 is 0 Å². The van der Waals surface area contributed by atoms with Gasteiger partial charge in [-0.15, -0.1) is 13.2 Å². The smallest absolute Gasteiger partial charge is 0.406 e. The van der Waals surface area contributed by atoms with E-state index in [0.717, 1.165) is 0 Å². The van der Waals surface area contributed by atoms with Gasteiger partial charge in [0.2, 0.25) is 0 Å². The Morgan fingerprint density at radius 1 is 1.15 bits per heavy atom. The third kappa shape index (κ3) is 2.51. The van der Waals surface area contributed by atoms with E-state index in [4.69, 9.17) is 0 Å². The Labute approximate surface area is 116 Å². The lowest BCUT2D eigenvalue weighted by atomic mass is 9.99. The van der Waals surface area contributed by atoms with Gasteiger partial charge in [0.05, 0.1) is 6.10 Å². The van der Waals surface area contributed by atoms with Crippen LogP contribution in [0.2, 0.25) is 0 Å². The van der Waals surface area contributed by atoms with Gasteiger partial charge in [-0.2, -0.15) is 0 Å². The second-order valence-electron chi connectivity index (χ2n) is 6.49. The Morgan fingerprint density at radius 2 is 1.70 bits per heavy atom. The molecule has 0 heterocycles. The first-order chi connectivity index (χ1) is 8.97. The largest absolute Gasteiger partial charge is 0.573 e. The maximum Gasteiger partial charge on any atom is 0.573 e. The number of benzene rings is 1. The van der Waals surface area contributed by atoms with E-state index in [1.807, 2.05) is 0 Å². The third-order valence-corrected chi connectivity index (χ3v) is 4.88. The van der Waals surface area contributed by atoms with E-state index in [9.17, 15) is 18.3 Å². The maximum atomic E-state index is 12.2. The molecule has 0 aliphatic heterocycles. The monoisotopic (exact) mass is 288 g/mol. The van der Waals surface area contributed by atoms with Crippen molar-refractivity contribution in [3.8, 4) is 5.75 Å². The minimum absolute atomic E-state index is 0.0103. The van der Waals surface area contributed by atoms with Gasteiger partial charge in [0, 0.05) is 5.92 Å². The summed E-state index contributed by atoms with van der Waals surface area (Å²) in [5.41, 5.74) is 0.357. The standard InChI is InChI=1S/C15H19F3O2/c1-13(2)12(14(13,3)4)11(19)9-6-5-7-10(8-9)20-15(16,17)18/h5-8,11-12,19H,1-4H3. The molecule has 1 atom stereocenters. The molecular formula is C15H19F3O2. The van der Waals surface area contributed by atoms with Crippen LogP contribution in [0.5, 0.6) is 5.75 Å². The van der Waals surface area contributed by atoms with Gasteiger partial charge in [0.25, 0.3) is 0 Å². The van der Waals surface area contributed by atoms with Gasteiger partial charge in [-0.1, -0.05) is 39.8 Å². The molecule has 1 aliphatic carbocycles. The fraction of sp³-hybridized carbons (Fsp3) is 0.600. The topological polar surface area (TPSA) is 29.5 Å². The molecule has 1 unspecified atom stereocenters. The molecule has 112 valence electrons. The van der Waals surface area contributed by atoms with Crippen LogP contribution in [0, 0.1) is 16.7 Å². The van der Waals surface area contributed by atoms with Crippen molar-refractivity contribution in [3.05, 3.63) is 29.8 Å². The summed E-state index contributed by atoms with van der Waals surface area (Å²) < 4.78 is 40.5. The molecule has 1 fully saturated rings. The minimum atomic E-state index is -4.72. The summed E-state index contributed by atoms with van der Waals surface area (Å²) in [6.45, 7) is 8.21. The van der Waals surface area contributed by atoms with E-state index in [1.54, 1.807) is 6.07 Å². The van der Waals surface area contributed by atoms with Gasteiger partial charge < -0.3 is 9.84 Å². The van der Waals surface area contributed by atoms with E-state index in [2.05, 4.69) is 32.4 Å². The van der Waals surface area contributed by atoms with E-state index < -0.39 is 12.5 Å². The summed E-state index contributed by atoms with van der Waals surface area (Å²) in [6, 6.07) is 5.57. The SMILES string of the molecule is CC1(C)C(C(O)c2cccc(OC(F)(F)F)c2)C1(C)C. The molecule has 2 rings (SSSR count). The highest BCUT2D eigenvalue weighted by Crippen LogP contribution is 2.72. The highest BCUT2D eigenvalue weighted by molar-refractivity contribution is 5.33. The molecule has 0 bridgehead atoms. The molecule has 1 aromatic rings. The lowest BCUT2D eigenvalue weighted by Gasteiger charge is -2.15. The predicted octanol–water partition coefficient (Wildman–Crippen LogP) is 4.30. The van der Waals surface area contributed by atoms with Crippen molar-refractivity contribution in [1.29, 1.82) is 0 Å². The first-order valence-electron chi connectivity index (χ1n) is 6.50. The van der Waals surface area contributed by atoms with Crippen LogP contribution < -0.4 is 4.74 Å². The summed E-state index contributed by atoms with van der Waals surface area (Å²) in [5.74, 6) is -0.290. The summed E-state index contributed by atoms with van der Waals surface area (Å²) in [5, 5.41) is 10.4. The zero-order valence-electron chi connectivity index (χ0n) is 12.0. The van der Waals surface area contributed by atoms with Crippen LogP contribution in [-0.2, 0) is 0 Å². The molecular weight excluding hydrogens is 269 g/mol. The van der Waals surface area contributed by atoms with Crippen molar-refractivity contribution in [3.63, 3.8) is 0 Å². The summed E-state index contributed by atoms with van der Waals surface area (Å²) in [7, 11) is 0. The second-order valence-corrected chi connectivity index (χ2v) is 6.49. The molecule has 0 spiro atoms. The molecule has 0 amide bonds. The fourth-order valence-corrected chi connectivity index (χ4v) is 3.12. The van der Waals surface area contributed by atoms with Crippen molar-refractivity contribution in [1.82, 2.24) is 0 Å². The number of hydrogen-bond donors (Lipinski definition) is 1. The Hall–Kier alpha value is -1.23. The first-order valence-corrected chi connectivity index (χ1v) is 6.50. The van der Waals surface area contributed by atoms with Crippen LogP contribution in [0.3, 0.4) is 0 Å². The summed E-state index contributed by atoms with van der Waals surface area (Å²) in [4.78, 5) is 0. The van der Waals surface area contributed by atoms with Gasteiger partial charge >= 0.3 is 6.36 Å².